The minimum Gasteiger partial charge on any atom is -0.384 e. The summed E-state index contributed by atoms with van der Waals surface area (Å²) in [6, 6.07) is -0.0509. The Kier molecular flexibility index (Phi) is 4.03. The lowest BCUT2D eigenvalue weighted by Crippen LogP contribution is -2.04. The molecule has 4 nitrogen and oxygen atoms in total. The summed E-state index contributed by atoms with van der Waals surface area (Å²) in [6.45, 7) is 2.28. The van der Waals surface area contributed by atoms with Gasteiger partial charge in [-0.3, -0.25) is 0 Å². The average Bonchev–Trinajstić information content (AvgIpc) is 1.68. The quantitative estimate of drug-likeness (QED) is 0.311. The van der Waals surface area contributed by atoms with E-state index in [1.54, 1.807) is 14.0 Å². The number of hydrogen-bond acceptors (Lipinski definition) is 2. The fourth-order valence-electron chi connectivity index (χ4n) is 0.363. The number of hydrogen-bond donors (Lipinski definition) is 0. The van der Waals surface area contributed by atoms with Crippen LogP contribution in [-0.2, 0) is 4.74 Å². The standard InChI is InChI=1S/C4H9N3O/c1-4(3-8-2)6-7-5/h4H,3H2,1-2H3. The summed E-state index contributed by atoms with van der Waals surface area (Å²) in [5.41, 5.74) is 7.87. The van der Waals surface area contributed by atoms with Crippen LogP contribution in [0.1, 0.15) is 6.92 Å². The van der Waals surface area contributed by atoms with Gasteiger partial charge in [0.2, 0.25) is 0 Å². The maximum absolute atomic E-state index is 7.87. The Bertz CT molecular complexity index is 97.5. The molecule has 0 aliphatic heterocycles. The summed E-state index contributed by atoms with van der Waals surface area (Å²) in [6.07, 6.45) is 0. The first-order valence-corrected chi connectivity index (χ1v) is 2.34. The number of rotatable bonds is 3. The van der Waals surface area contributed by atoms with Gasteiger partial charge in [0, 0.05) is 12.0 Å². The summed E-state index contributed by atoms with van der Waals surface area (Å²) in [7, 11) is 1.57. The van der Waals surface area contributed by atoms with Crippen LogP contribution >= 0.6 is 0 Å². The molecule has 0 fully saturated rings. The second kappa shape index (κ2) is 4.43. The van der Waals surface area contributed by atoms with Gasteiger partial charge >= 0.3 is 0 Å². The fourth-order valence-corrected chi connectivity index (χ4v) is 0.363. The van der Waals surface area contributed by atoms with Crippen molar-refractivity contribution in [2.75, 3.05) is 13.7 Å². The molecular formula is C4H9N3O. The molecule has 0 aromatic heterocycles. The third-order valence-corrected chi connectivity index (χ3v) is 0.657. The molecule has 0 bridgehead atoms. The highest BCUT2D eigenvalue weighted by Crippen LogP contribution is 1.87. The Labute approximate surface area is 48.1 Å². The highest BCUT2D eigenvalue weighted by atomic mass is 16.5. The third kappa shape index (κ3) is 3.46. The Morgan fingerprint density at radius 1 is 1.88 bits per heavy atom. The molecule has 0 aliphatic rings. The second-order valence-corrected chi connectivity index (χ2v) is 1.51. The minimum atomic E-state index is -0.0509. The second-order valence-electron chi connectivity index (χ2n) is 1.51. The Morgan fingerprint density at radius 3 is 2.88 bits per heavy atom. The molecular weight excluding hydrogens is 106 g/mol. The van der Waals surface area contributed by atoms with Crippen molar-refractivity contribution in [3.8, 4) is 0 Å². The number of ether oxygens (including phenoxy) is 1. The van der Waals surface area contributed by atoms with Gasteiger partial charge in [0.1, 0.15) is 0 Å². The van der Waals surface area contributed by atoms with Crippen LogP contribution in [0, 0.1) is 0 Å². The molecule has 0 aromatic rings. The SMILES string of the molecule is COCC(C)N=[N+]=[N-]. The van der Waals surface area contributed by atoms with E-state index < -0.39 is 0 Å². The van der Waals surface area contributed by atoms with Gasteiger partial charge < -0.3 is 4.74 Å². The molecule has 0 aromatic carbocycles. The van der Waals surface area contributed by atoms with Crippen LogP contribution in [0.5, 0.6) is 0 Å². The lowest BCUT2D eigenvalue weighted by Gasteiger charge is -1.98. The highest BCUT2D eigenvalue weighted by Gasteiger charge is 1.92. The number of azide groups is 1. The summed E-state index contributed by atoms with van der Waals surface area (Å²) in [5.74, 6) is 0. The molecule has 0 N–H and O–H groups in total. The van der Waals surface area contributed by atoms with Crippen LogP contribution in [-0.4, -0.2) is 19.8 Å². The van der Waals surface area contributed by atoms with Crippen molar-refractivity contribution in [3.63, 3.8) is 0 Å². The van der Waals surface area contributed by atoms with Gasteiger partial charge in [0.15, 0.2) is 0 Å². The molecule has 4 heteroatoms. The van der Waals surface area contributed by atoms with E-state index in [9.17, 15) is 0 Å². The monoisotopic (exact) mass is 115 g/mol. The van der Waals surface area contributed by atoms with E-state index in [4.69, 9.17) is 10.3 Å². The van der Waals surface area contributed by atoms with Crippen molar-refractivity contribution in [3.05, 3.63) is 10.4 Å². The lowest BCUT2D eigenvalue weighted by molar-refractivity contribution is 0.185. The summed E-state index contributed by atoms with van der Waals surface area (Å²) < 4.78 is 4.69. The first-order valence-electron chi connectivity index (χ1n) is 2.34. The third-order valence-electron chi connectivity index (χ3n) is 0.657. The zero-order valence-corrected chi connectivity index (χ0v) is 5.03. The maximum atomic E-state index is 7.87. The Hall–Kier alpha value is -0.730. The summed E-state index contributed by atoms with van der Waals surface area (Å²) in [5, 5.41) is 3.37. The van der Waals surface area contributed by atoms with Gasteiger partial charge in [0.25, 0.3) is 0 Å². The molecule has 0 saturated heterocycles. The first kappa shape index (κ1) is 7.27. The zero-order chi connectivity index (χ0) is 6.41. The van der Waals surface area contributed by atoms with Gasteiger partial charge in [-0.2, -0.15) is 0 Å². The fraction of sp³-hybridized carbons (Fsp3) is 1.00. The van der Waals surface area contributed by atoms with E-state index in [1.807, 2.05) is 0 Å². The van der Waals surface area contributed by atoms with Crippen molar-refractivity contribution in [1.29, 1.82) is 0 Å². The molecule has 0 aliphatic carbocycles. The van der Waals surface area contributed by atoms with E-state index in [0.29, 0.717) is 6.61 Å². The molecule has 8 heavy (non-hydrogen) atoms. The summed E-state index contributed by atoms with van der Waals surface area (Å²) in [4.78, 5) is 2.60. The molecule has 46 valence electrons. The van der Waals surface area contributed by atoms with Crippen molar-refractivity contribution in [2.45, 2.75) is 13.0 Å². The van der Waals surface area contributed by atoms with Gasteiger partial charge in [-0.15, -0.1) is 0 Å². The van der Waals surface area contributed by atoms with Crippen molar-refractivity contribution >= 4 is 0 Å². The van der Waals surface area contributed by atoms with Gasteiger partial charge in [-0.1, -0.05) is 12.0 Å². The molecule has 0 amide bonds. The van der Waals surface area contributed by atoms with Crippen LogP contribution in [0.15, 0.2) is 5.11 Å². The molecule has 0 spiro atoms. The highest BCUT2D eigenvalue weighted by molar-refractivity contribution is 4.57. The van der Waals surface area contributed by atoms with E-state index >= 15 is 0 Å². The number of nitrogens with zero attached hydrogens (tertiary/aromatic N) is 3. The van der Waals surface area contributed by atoms with Crippen LogP contribution < -0.4 is 0 Å². The van der Waals surface area contributed by atoms with E-state index in [-0.39, 0.29) is 6.04 Å². The van der Waals surface area contributed by atoms with E-state index in [2.05, 4.69) is 10.0 Å². The van der Waals surface area contributed by atoms with Crippen molar-refractivity contribution < 1.29 is 4.74 Å². The maximum Gasteiger partial charge on any atom is 0.0579 e. The average molecular weight is 115 g/mol. The molecule has 1 atom stereocenters. The summed E-state index contributed by atoms with van der Waals surface area (Å²) >= 11 is 0. The number of methoxy groups -OCH3 is 1. The largest absolute Gasteiger partial charge is 0.384 e. The lowest BCUT2D eigenvalue weighted by atomic mass is 10.4. The molecule has 0 heterocycles. The van der Waals surface area contributed by atoms with Crippen LogP contribution in [0.2, 0.25) is 0 Å². The van der Waals surface area contributed by atoms with Crippen LogP contribution in [0.25, 0.3) is 10.4 Å². The predicted molar refractivity (Wildman–Crippen MR) is 30.5 cm³/mol. The Balaban J connectivity index is 3.31. The molecule has 0 rings (SSSR count). The van der Waals surface area contributed by atoms with Gasteiger partial charge in [0.05, 0.1) is 12.6 Å². The predicted octanol–water partition coefficient (Wildman–Crippen LogP) is 1.33. The van der Waals surface area contributed by atoms with Crippen LogP contribution in [0.3, 0.4) is 0 Å². The molecule has 0 saturated carbocycles. The first-order chi connectivity index (χ1) is 3.81. The van der Waals surface area contributed by atoms with E-state index in [0.717, 1.165) is 0 Å². The minimum absolute atomic E-state index is 0.0509. The molecule has 1 unspecified atom stereocenters. The Morgan fingerprint density at radius 2 is 2.50 bits per heavy atom. The zero-order valence-electron chi connectivity index (χ0n) is 5.03. The normalized spacial score (nSPS) is 12.2. The van der Waals surface area contributed by atoms with Crippen LogP contribution in [0.4, 0.5) is 0 Å². The van der Waals surface area contributed by atoms with Gasteiger partial charge in [-0.05, 0) is 5.53 Å². The van der Waals surface area contributed by atoms with Gasteiger partial charge in [-0.25, -0.2) is 0 Å². The van der Waals surface area contributed by atoms with E-state index in [1.165, 1.54) is 0 Å². The topological polar surface area (TPSA) is 58.0 Å². The van der Waals surface area contributed by atoms with Crippen molar-refractivity contribution in [2.24, 2.45) is 5.11 Å². The van der Waals surface area contributed by atoms with Crippen molar-refractivity contribution in [1.82, 2.24) is 0 Å². The smallest absolute Gasteiger partial charge is 0.0579 e. The molecule has 0 radical (unpaired) electrons.